The second-order valence-electron chi connectivity index (χ2n) is 9.89. The van der Waals surface area contributed by atoms with Crippen molar-refractivity contribution in [2.75, 3.05) is 0 Å². The maximum Gasteiger partial charge on any atom is 0.318 e. The quantitative estimate of drug-likeness (QED) is 0.609. The minimum absolute atomic E-state index is 0.0937. The Kier molecular flexibility index (Phi) is 4.98. The van der Waals surface area contributed by atoms with Gasteiger partial charge in [0.1, 0.15) is 5.41 Å². The van der Waals surface area contributed by atoms with Crippen LogP contribution in [0, 0.1) is 19.3 Å². The first kappa shape index (κ1) is 20.6. The largest absolute Gasteiger partial charge is 0.480 e. The monoisotopic (exact) mass is 378 g/mol. The summed E-state index contributed by atoms with van der Waals surface area (Å²) in [5.41, 5.74) is 5.79. The zero-order chi connectivity index (χ0) is 20.9. The third-order valence-corrected chi connectivity index (χ3v) is 7.00. The van der Waals surface area contributed by atoms with E-state index in [0.29, 0.717) is 0 Å². The molecule has 1 aromatic rings. The van der Waals surface area contributed by atoms with E-state index in [4.69, 9.17) is 0 Å². The molecule has 2 aliphatic rings. The number of allylic oxidation sites excluding steroid dienone is 4. The van der Waals surface area contributed by atoms with Gasteiger partial charge in [-0.25, -0.2) is 0 Å². The predicted molar refractivity (Wildman–Crippen MR) is 117 cm³/mol. The summed E-state index contributed by atoms with van der Waals surface area (Å²) in [4.78, 5) is 12.4. The van der Waals surface area contributed by atoms with Crippen LogP contribution < -0.4 is 0 Å². The Bertz CT molecular complexity index is 895. The fraction of sp³-hybridized carbons (Fsp3) is 0.500. The Morgan fingerprint density at radius 3 is 2.25 bits per heavy atom. The van der Waals surface area contributed by atoms with Crippen molar-refractivity contribution >= 4 is 5.97 Å². The molecule has 28 heavy (non-hydrogen) atoms. The van der Waals surface area contributed by atoms with E-state index in [1.807, 2.05) is 37.3 Å². The fourth-order valence-corrected chi connectivity index (χ4v) is 5.58. The summed E-state index contributed by atoms with van der Waals surface area (Å²) in [7, 11) is 0. The van der Waals surface area contributed by atoms with Crippen LogP contribution in [0.15, 0.2) is 42.5 Å². The maximum atomic E-state index is 12.4. The van der Waals surface area contributed by atoms with Gasteiger partial charge in [-0.2, -0.15) is 0 Å². The molecular formula is C26H34O2. The lowest BCUT2D eigenvalue weighted by Crippen LogP contribution is -2.38. The molecule has 150 valence electrons. The second kappa shape index (κ2) is 6.76. The first-order valence-electron chi connectivity index (χ1n) is 10.4. The van der Waals surface area contributed by atoms with E-state index in [1.165, 1.54) is 28.7 Å². The van der Waals surface area contributed by atoms with Gasteiger partial charge in [0.05, 0.1) is 0 Å². The minimum Gasteiger partial charge on any atom is -0.480 e. The van der Waals surface area contributed by atoms with Crippen LogP contribution in [-0.4, -0.2) is 11.1 Å². The minimum atomic E-state index is -1.04. The lowest BCUT2D eigenvalue weighted by Gasteiger charge is -2.45. The molecule has 2 atom stereocenters. The summed E-state index contributed by atoms with van der Waals surface area (Å²) in [6.07, 6.45) is 13.8. The lowest BCUT2D eigenvalue weighted by molar-refractivity contribution is -0.144. The normalized spacial score (nSPS) is 27.8. The average Bonchev–Trinajstić information content (AvgIpc) is 2.61. The number of carboxylic acids is 1. The second-order valence-corrected chi connectivity index (χ2v) is 9.89. The molecule has 0 bridgehead atoms. The summed E-state index contributed by atoms with van der Waals surface area (Å²) < 4.78 is 0. The Balaban J connectivity index is 2.33. The van der Waals surface area contributed by atoms with Crippen LogP contribution in [0.2, 0.25) is 0 Å². The smallest absolute Gasteiger partial charge is 0.318 e. The number of fused-ring (bicyclic) bond motifs is 1. The highest BCUT2D eigenvalue weighted by molar-refractivity contribution is 5.83. The van der Waals surface area contributed by atoms with Crippen LogP contribution in [-0.2, 0) is 15.6 Å². The molecule has 0 fully saturated rings. The highest BCUT2D eigenvalue weighted by Crippen LogP contribution is 2.52. The molecular weight excluding hydrogens is 344 g/mol. The summed E-state index contributed by atoms with van der Waals surface area (Å²) in [5, 5.41) is 10.2. The number of aryl methyl sites for hydroxylation is 1. The molecule has 0 amide bonds. The molecule has 1 aromatic carbocycles. The molecule has 2 aliphatic carbocycles. The lowest BCUT2D eigenvalue weighted by atomic mass is 9.59. The van der Waals surface area contributed by atoms with Crippen molar-refractivity contribution in [3.05, 3.63) is 70.3 Å². The topological polar surface area (TPSA) is 37.3 Å². The van der Waals surface area contributed by atoms with E-state index >= 15 is 0 Å². The van der Waals surface area contributed by atoms with Gasteiger partial charge in [0.15, 0.2) is 0 Å². The first-order valence-corrected chi connectivity index (χ1v) is 10.4. The maximum absolute atomic E-state index is 12.4. The molecule has 0 radical (unpaired) electrons. The number of hydrogen-bond acceptors (Lipinski definition) is 1. The number of rotatable bonds is 3. The number of carboxylic acid groups (broad SMARTS) is 1. The Morgan fingerprint density at radius 1 is 1.07 bits per heavy atom. The van der Waals surface area contributed by atoms with Crippen LogP contribution in [0.4, 0.5) is 0 Å². The zero-order valence-corrected chi connectivity index (χ0v) is 18.4. The van der Waals surface area contributed by atoms with Gasteiger partial charge in [-0.1, -0.05) is 70.2 Å². The van der Waals surface area contributed by atoms with Crippen LogP contribution in [0.25, 0.3) is 0 Å². The molecule has 0 spiro atoms. The molecule has 0 aromatic heterocycles. The van der Waals surface area contributed by atoms with Crippen LogP contribution in [0.5, 0.6) is 0 Å². The van der Waals surface area contributed by atoms with E-state index in [1.54, 1.807) is 0 Å². The van der Waals surface area contributed by atoms with Gasteiger partial charge in [0.25, 0.3) is 0 Å². The third-order valence-electron chi connectivity index (χ3n) is 7.00. The Morgan fingerprint density at radius 2 is 1.68 bits per heavy atom. The number of benzene rings is 1. The molecule has 0 heterocycles. The molecule has 2 nitrogen and oxygen atoms in total. The van der Waals surface area contributed by atoms with Gasteiger partial charge < -0.3 is 5.11 Å². The molecule has 0 saturated heterocycles. The van der Waals surface area contributed by atoms with Gasteiger partial charge in [-0.05, 0) is 72.3 Å². The van der Waals surface area contributed by atoms with E-state index in [0.717, 1.165) is 12.0 Å². The number of hydrogen-bond donors (Lipinski definition) is 1. The summed E-state index contributed by atoms with van der Waals surface area (Å²) in [5.74, 6) is -1.01. The molecule has 2 heteroatoms. The van der Waals surface area contributed by atoms with Gasteiger partial charge in [-0.15, -0.1) is 0 Å². The van der Waals surface area contributed by atoms with Gasteiger partial charge in [0, 0.05) is 5.92 Å². The molecule has 3 rings (SSSR count). The molecule has 0 saturated carbocycles. The molecule has 0 aliphatic heterocycles. The molecule has 2 unspecified atom stereocenters. The highest BCUT2D eigenvalue weighted by atomic mass is 16.4. The van der Waals surface area contributed by atoms with E-state index in [2.05, 4.69) is 53.7 Å². The summed E-state index contributed by atoms with van der Waals surface area (Å²) in [6, 6.07) is 2.26. The van der Waals surface area contributed by atoms with Crippen molar-refractivity contribution in [1.82, 2.24) is 0 Å². The Hall–Kier alpha value is -2.09. The summed E-state index contributed by atoms with van der Waals surface area (Å²) in [6.45, 7) is 15.7. The number of aliphatic carboxylic acids is 1. The average molecular weight is 379 g/mol. The van der Waals surface area contributed by atoms with Gasteiger partial charge in [-0.3, -0.25) is 4.79 Å². The van der Waals surface area contributed by atoms with E-state index in [-0.39, 0.29) is 16.7 Å². The van der Waals surface area contributed by atoms with Gasteiger partial charge >= 0.3 is 5.97 Å². The van der Waals surface area contributed by atoms with Crippen molar-refractivity contribution in [2.24, 2.45) is 5.41 Å². The fourth-order valence-electron chi connectivity index (χ4n) is 5.58. The van der Waals surface area contributed by atoms with Crippen LogP contribution >= 0.6 is 0 Å². The van der Waals surface area contributed by atoms with Gasteiger partial charge in [0.2, 0.25) is 0 Å². The SMILES string of the molecule is CC=CC1(C(=O)O)C=CC=CC1c1cc(C)c2c(c1C)C(C)(C)CCC2(C)C. The standard InChI is InChI=1S/C26H34O2/c1-8-12-26(23(27)28)13-10-9-11-20(26)19-16-17(2)21-22(18(19)3)25(6,7)15-14-24(21,4)5/h8-13,16,20H,14-15H2,1-7H3,(H,27,28). The van der Waals surface area contributed by atoms with Crippen LogP contribution in [0.1, 0.15) is 81.2 Å². The van der Waals surface area contributed by atoms with Crippen LogP contribution in [0.3, 0.4) is 0 Å². The Labute approximate surface area is 170 Å². The number of carbonyl (C=O) groups is 1. The van der Waals surface area contributed by atoms with Crippen molar-refractivity contribution in [2.45, 2.75) is 78.1 Å². The van der Waals surface area contributed by atoms with Crippen molar-refractivity contribution in [3.8, 4) is 0 Å². The summed E-state index contributed by atoms with van der Waals surface area (Å²) >= 11 is 0. The van der Waals surface area contributed by atoms with Crippen molar-refractivity contribution in [1.29, 1.82) is 0 Å². The van der Waals surface area contributed by atoms with Crippen molar-refractivity contribution < 1.29 is 9.90 Å². The highest BCUT2D eigenvalue weighted by Gasteiger charge is 2.45. The zero-order valence-electron chi connectivity index (χ0n) is 18.4. The third kappa shape index (κ3) is 2.98. The predicted octanol–water partition coefficient (Wildman–Crippen LogP) is 6.51. The first-order chi connectivity index (χ1) is 13.0. The van der Waals surface area contributed by atoms with Crippen molar-refractivity contribution in [3.63, 3.8) is 0 Å². The van der Waals surface area contributed by atoms with E-state index in [9.17, 15) is 9.90 Å². The van der Waals surface area contributed by atoms with E-state index < -0.39 is 11.4 Å². The molecule has 1 N–H and O–H groups in total.